The van der Waals surface area contributed by atoms with Crippen molar-refractivity contribution in [1.29, 1.82) is 0 Å². The van der Waals surface area contributed by atoms with E-state index in [1.54, 1.807) is 6.92 Å². The Morgan fingerprint density at radius 1 is 1.29 bits per heavy atom. The van der Waals surface area contributed by atoms with Crippen molar-refractivity contribution in [2.24, 2.45) is 0 Å². The summed E-state index contributed by atoms with van der Waals surface area (Å²) in [5.41, 5.74) is 0.716. The largest absolute Gasteiger partial charge is 0.494 e. The van der Waals surface area contributed by atoms with Crippen LogP contribution in [0.5, 0.6) is 5.75 Å². The van der Waals surface area contributed by atoms with Gasteiger partial charge in [-0.2, -0.15) is 5.10 Å². The lowest BCUT2D eigenvalue weighted by molar-refractivity contribution is 0.102. The predicted octanol–water partition coefficient (Wildman–Crippen LogP) is 2.52. The summed E-state index contributed by atoms with van der Waals surface area (Å²) in [6.07, 6.45) is 0. The molecular weight excluding hydrogens is 328 g/mol. The van der Waals surface area contributed by atoms with Gasteiger partial charge in [-0.15, -0.1) is 0 Å². The number of fused-ring (bicyclic) bond motifs is 1. The van der Waals surface area contributed by atoms with Gasteiger partial charge in [0.1, 0.15) is 11.4 Å². The molecule has 0 unspecified atom stereocenters. The minimum absolute atomic E-state index is 0.172. The fraction of sp³-hybridized carbons (Fsp3) is 0.250. The topological polar surface area (TPSA) is 86.1 Å². The zero-order valence-corrected chi connectivity index (χ0v) is 14.1. The number of nitrogens with zero attached hydrogens (tertiary/aromatic N) is 3. The highest BCUT2D eigenvalue weighted by Crippen LogP contribution is 2.29. The SMILES string of the molecule is CCOc1ccc2nc(NC(=O)c3ccc(=O)n(CC)n3)sc2c1. The summed E-state index contributed by atoms with van der Waals surface area (Å²) >= 11 is 1.35. The van der Waals surface area contributed by atoms with Crippen molar-refractivity contribution in [3.05, 3.63) is 46.4 Å². The standard InChI is InChI=1S/C16H16N4O3S/c1-3-20-14(21)8-7-12(19-20)15(22)18-16-17-11-6-5-10(23-4-2)9-13(11)24-16/h5-9H,3-4H2,1-2H3,(H,17,18,22). The molecule has 0 bridgehead atoms. The van der Waals surface area contributed by atoms with Gasteiger partial charge < -0.3 is 4.74 Å². The number of carbonyl (C=O) groups is 1. The number of thiazole rings is 1. The van der Waals surface area contributed by atoms with Crippen LogP contribution >= 0.6 is 11.3 Å². The van der Waals surface area contributed by atoms with Crippen LogP contribution in [-0.4, -0.2) is 27.3 Å². The number of aromatic nitrogens is 3. The van der Waals surface area contributed by atoms with Gasteiger partial charge >= 0.3 is 0 Å². The lowest BCUT2D eigenvalue weighted by atomic mass is 10.3. The lowest BCUT2D eigenvalue weighted by Gasteiger charge is -2.03. The molecule has 2 heterocycles. The van der Waals surface area contributed by atoms with Crippen LogP contribution in [0, 0.1) is 0 Å². The van der Waals surface area contributed by atoms with Gasteiger partial charge in [-0.05, 0) is 38.1 Å². The van der Waals surface area contributed by atoms with Crippen LogP contribution in [0.25, 0.3) is 10.2 Å². The summed E-state index contributed by atoms with van der Waals surface area (Å²) in [6.45, 7) is 4.71. The van der Waals surface area contributed by atoms with E-state index in [-0.39, 0.29) is 11.3 Å². The molecule has 7 nitrogen and oxygen atoms in total. The minimum Gasteiger partial charge on any atom is -0.494 e. The van der Waals surface area contributed by atoms with Crippen molar-refractivity contribution in [3.63, 3.8) is 0 Å². The first-order valence-corrected chi connectivity index (χ1v) is 8.35. The fourth-order valence-electron chi connectivity index (χ4n) is 2.17. The van der Waals surface area contributed by atoms with Crippen molar-refractivity contribution >= 4 is 32.6 Å². The van der Waals surface area contributed by atoms with Crippen LogP contribution < -0.4 is 15.6 Å². The Hall–Kier alpha value is -2.74. The Morgan fingerprint density at radius 3 is 2.88 bits per heavy atom. The molecule has 2 aromatic heterocycles. The summed E-state index contributed by atoms with van der Waals surface area (Å²) in [6, 6.07) is 8.32. The summed E-state index contributed by atoms with van der Waals surface area (Å²) < 4.78 is 7.62. The maximum atomic E-state index is 12.3. The number of carbonyl (C=O) groups excluding carboxylic acids is 1. The third kappa shape index (κ3) is 3.28. The van der Waals surface area contributed by atoms with E-state index < -0.39 is 5.91 Å². The van der Waals surface area contributed by atoms with Crippen LogP contribution in [0.15, 0.2) is 35.1 Å². The van der Waals surface area contributed by atoms with Crippen LogP contribution in [-0.2, 0) is 6.54 Å². The number of benzene rings is 1. The van der Waals surface area contributed by atoms with E-state index in [0.29, 0.717) is 18.3 Å². The molecule has 0 fully saturated rings. The normalized spacial score (nSPS) is 10.8. The smallest absolute Gasteiger partial charge is 0.277 e. The number of hydrogen-bond acceptors (Lipinski definition) is 6. The third-order valence-electron chi connectivity index (χ3n) is 3.29. The lowest BCUT2D eigenvalue weighted by Crippen LogP contribution is -2.25. The van der Waals surface area contributed by atoms with Gasteiger partial charge in [0.15, 0.2) is 5.13 Å². The molecule has 0 aliphatic heterocycles. The van der Waals surface area contributed by atoms with Crippen LogP contribution in [0.3, 0.4) is 0 Å². The Labute approximate surface area is 141 Å². The molecule has 1 aromatic carbocycles. The Balaban J connectivity index is 1.83. The monoisotopic (exact) mass is 344 g/mol. The average molecular weight is 344 g/mol. The van der Waals surface area contributed by atoms with Crippen LogP contribution in [0.4, 0.5) is 5.13 Å². The second kappa shape index (κ2) is 6.79. The van der Waals surface area contributed by atoms with E-state index in [1.807, 2.05) is 25.1 Å². The molecule has 0 atom stereocenters. The predicted molar refractivity (Wildman–Crippen MR) is 92.9 cm³/mol. The van der Waals surface area contributed by atoms with E-state index in [0.717, 1.165) is 16.0 Å². The highest BCUT2D eigenvalue weighted by molar-refractivity contribution is 7.22. The number of aryl methyl sites for hydroxylation is 1. The second-order valence-corrected chi connectivity index (χ2v) is 5.94. The maximum Gasteiger partial charge on any atom is 0.277 e. The van der Waals surface area contributed by atoms with E-state index in [9.17, 15) is 9.59 Å². The van der Waals surface area contributed by atoms with E-state index in [4.69, 9.17) is 4.74 Å². The van der Waals surface area contributed by atoms with Crippen molar-refractivity contribution < 1.29 is 9.53 Å². The Morgan fingerprint density at radius 2 is 2.12 bits per heavy atom. The maximum absolute atomic E-state index is 12.3. The van der Waals surface area contributed by atoms with Gasteiger partial charge in [0.25, 0.3) is 11.5 Å². The zero-order valence-electron chi connectivity index (χ0n) is 13.3. The third-order valence-corrected chi connectivity index (χ3v) is 4.22. The molecule has 3 rings (SSSR count). The summed E-state index contributed by atoms with van der Waals surface area (Å²) in [5.74, 6) is 0.365. The highest BCUT2D eigenvalue weighted by Gasteiger charge is 2.13. The van der Waals surface area contributed by atoms with Crippen molar-refractivity contribution in [2.45, 2.75) is 20.4 Å². The van der Waals surface area contributed by atoms with Crippen molar-refractivity contribution in [1.82, 2.24) is 14.8 Å². The van der Waals surface area contributed by atoms with Crippen LogP contribution in [0.2, 0.25) is 0 Å². The molecule has 0 spiro atoms. The average Bonchev–Trinajstić information content (AvgIpc) is 2.97. The zero-order chi connectivity index (χ0) is 17.1. The van der Waals surface area contributed by atoms with E-state index in [1.165, 1.54) is 28.2 Å². The van der Waals surface area contributed by atoms with Gasteiger partial charge in [0.2, 0.25) is 0 Å². The molecule has 0 aliphatic rings. The summed E-state index contributed by atoms with van der Waals surface area (Å²) in [5, 5.41) is 7.22. The van der Waals surface area contributed by atoms with Gasteiger partial charge in [-0.1, -0.05) is 11.3 Å². The number of hydrogen-bond donors (Lipinski definition) is 1. The molecule has 8 heteroatoms. The first kappa shape index (κ1) is 16.1. The fourth-order valence-corrected chi connectivity index (χ4v) is 3.06. The number of anilines is 1. The molecule has 1 amide bonds. The van der Waals surface area contributed by atoms with Gasteiger partial charge in [0.05, 0.1) is 16.8 Å². The van der Waals surface area contributed by atoms with Crippen molar-refractivity contribution in [2.75, 3.05) is 11.9 Å². The van der Waals surface area contributed by atoms with Crippen molar-refractivity contribution in [3.8, 4) is 5.75 Å². The summed E-state index contributed by atoms with van der Waals surface area (Å²) in [4.78, 5) is 28.2. The quantitative estimate of drug-likeness (QED) is 0.768. The number of ether oxygens (including phenoxy) is 1. The number of rotatable bonds is 5. The highest BCUT2D eigenvalue weighted by atomic mass is 32.1. The Bertz CT molecular complexity index is 948. The molecule has 1 N–H and O–H groups in total. The molecular formula is C16H16N4O3S. The van der Waals surface area contributed by atoms with Gasteiger partial charge in [-0.3, -0.25) is 14.9 Å². The van der Waals surface area contributed by atoms with Crippen LogP contribution in [0.1, 0.15) is 24.3 Å². The molecule has 0 aliphatic carbocycles. The van der Waals surface area contributed by atoms with E-state index >= 15 is 0 Å². The van der Waals surface area contributed by atoms with E-state index in [2.05, 4.69) is 15.4 Å². The summed E-state index contributed by atoms with van der Waals surface area (Å²) in [7, 11) is 0. The van der Waals surface area contributed by atoms with Gasteiger partial charge in [-0.25, -0.2) is 9.67 Å². The number of nitrogens with one attached hydrogen (secondary N) is 1. The molecule has 3 aromatic rings. The molecule has 0 saturated carbocycles. The minimum atomic E-state index is -0.402. The number of amides is 1. The molecule has 24 heavy (non-hydrogen) atoms. The molecule has 0 radical (unpaired) electrons. The molecule has 0 saturated heterocycles. The first-order valence-electron chi connectivity index (χ1n) is 7.53. The molecule has 124 valence electrons. The Kier molecular flexibility index (Phi) is 4.57. The second-order valence-electron chi connectivity index (χ2n) is 4.91. The first-order chi connectivity index (χ1) is 11.6. The van der Waals surface area contributed by atoms with Gasteiger partial charge in [0, 0.05) is 12.6 Å².